The molecular formula is C11H15N5O5. The number of aromatic nitrogens is 4. The van der Waals surface area contributed by atoms with Crippen molar-refractivity contribution in [2.24, 2.45) is 0 Å². The first kappa shape index (κ1) is 13.9. The summed E-state index contributed by atoms with van der Waals surface area (Å²) in [6, 6.07) is 0. The highest BCUT2D eigenvalue weighted by atomic mass is 16.6. The fourth-order valence-electron chi connectivity index (χ4n) is 2.48. The zero-order valence-corrected chi connectivity index (χ0v) is 11.1. The van der Waals surface area contributed by atoms with Gasteiger partial charge in [-0.3, -0.25) is 14.3 Å². The summed E-state index contributed by atoms with van der Waals surface area (Å²) in [7, 11) is 1.41. The minimum absolute atomic E-state index is 0.0551. The Morgan fingerprint density at radius 3 is 3.05 bits per heavy atom. The number of hydrogen-bond acceptors (Lipinski definition) is 8. The van der Waals surface area contributed by atoms with Crippen molar-refractivity contribution in [2.75, 3.05) is 19.5 Å². The average Bonchev–Trinajstić information content (AvgIpc) is 2.99. The molecule has 0 unspecified atom stereocenters. The van der Waals surface area contributed by atoms with Gasteiger partial charge >= 0.3 is 0 Å². The standard InChI is InChI=1S/C11H15N5O5/c1-20-7-6(18)4(2-17)21-10(7)16-3-13-5-8(16)14-11(12)15-9(5)19/h3-4,6-7,10,17-18H,2H2,1H3,(H3,12,14,15,19)/t4-,6-,7-,10-/m1/s1/i1+1. The molecule has 0 amide bonds. The molecule has 0 spiro atoms. The van der Waals surface area contributed by atoms with Crippen LogP contribution in [-0.4, -0.2) is 61.8 Å². The van der Waals surface area contributed by atoms with Crippen LogP contribution in [0, 0.1) is 0 Å². The summed E-state index contributed by atoms with van der Waals surface area (Å²) in [5, 5.41) is 19.3. The molecule has 0 aliphatic carbocycles. The minimum atomic E-state index is -1.01. The van der Waals surface area contributed by atoms with Crippen LogP contribution in [0.5, 0.6) is 0 Å². The molecule has 21 heavy (non-hydrogen) atoms. The summed E-state index contributed by atoms with van der Waals surface area (Å²) < 4.78 is 12.2. The molecule has 0 aromatic carbocycles. The molecular weight excluding hydrogens is 283 g/mol. The summed E-state index contributed by atoms with van der Waals surface area (Å²) in [6.07, 6.45) is -1.96. The van der Waals surface area contributed by atoms with Gasteiger partial charge in [0.1, 0.15) is 18.3 Å². The van der Waals surface area contributed by atoms with Gasteiger partial charge in [0.05, 0.1) is 12.9 Å². The van der Waals surface area contributed by atoms with Gasteiger partial charge in [0, 0.05) is 7.11 Å². The SMILES string of the molecule is [13CH3]O[C@@H]1[C@H](O)[C@@H](CO)O[C@H]1n1cnc2c(=O)[nH]c(N)nc21. The molecule has 1 aliphatic rings. The number of rotatable bonds is 3. The Labute approximate surface area is 118 Å². The third-order valence-electron chi connectivity index (χ3n) is 3.49. The second-order valence-electron chi connectivity index (χ2n) is 4.71. The lowest BCUT2D eigenvalue weighted by Crippen LogP contribution is -2.34. The van der Waals surface area contributed by atoms with Crippen molar-refractivity contribution in [3.05, 3.63) is 16.7 Å². The molecule has 0 bridgehead atoms. The molecule has 3 heterocycles. The predicted molar refractivity (Wildman–Crippen MR) is 70.4 cm³/mol. The maximum absolute atomic E-state index is 11.8. The molecule has 1 aliphatic heterocycles. The topological polar surface area (TPSA) is 149 Å². The van der Waals surface area contributed by atoms with Crippen molar-refractivity contribution >= 4 is 17.1 Å². The van der Waals surface area contributed by atoms with Crippen LogP contribution in [0.25, 0.3) is 11.2 Å². The molecule has 10 nitrogen and oxygen atoms in total. The number of aliphatic hydroxyl groups excluding tert-OH is 2. The summed E-state index contributed by atoms with van der Waals surface area (Å²) in [4.78, 5) is 22.1. The number of methoxy groups -OCH3 is 1. The number of nitrogens with zero attached hydrogens (tertiary/aromatic N) is 3. The van der Waals surface area contributed by atoms with Crippen molar-refractivity contribution in [3.8, 4) is 0 Å². The molecule has 4 atom stereocenters. The summed E-state index contributed by atoms with van der Waals surface area (Å²) in [6.45, 7) is -0.361. The highest BCUT2D eigenvalue weighted by Crippen LogP contribution is 2.32. The maximum Gasteiger partial charge on any atom is 0.280 e. The van der Waals surface area contributed by atoms with Crippen molar-refractivity contribution in [3.63, 3.8) is 0 Å². The highest BCUT2D eigenvalue weighted by Gasteiger charge is 2.45. The van der Waals surface area contributed by atoms with Gasteiger partial charge in [0.2, 0.25) is 5.95 Å². The van der Waals surface area contributed by atoms with Crippen LogP contribution in [0.1, 0.15) is 6.23 Å². The Morgan fingerprint density at radius 2 is 2.38 bits per heavy atom. The highest BCUT2D eigenvalue weighted by molar-refractivity contribution is 5.70. The number of ether oxygens (including phenoxy) is 2. The van der Waals surface area contributed by atoms with E-state index in [4.69, 9.17) is 15.2 Å². The Balaban J connectivity index is 2.10. The number of hydrogen-bond donors (Lipinski definition) is 4. The zero-order valence-electron chi connectivity index (χ0n) is 11.1. The fourth-order valence-corrected chi connectivity index (χ4v) is 2.48. The van der Waals surface area contributed by atoms with Gasteiger partial charge in [0.25, 0.3) is 5.56 Å². The van der Waals surface area contributed by atoms with E-state index in [-0.39, 0.29) is 23.7 Å². The summed E-state index contributed by atoms with van der Waals surface area (Å²) in [5.74, 6) is -0.0551. The minimum Gasteiger partial charge on any atom is -0.394 e. The lowest BCUT2D eigenvalue weighted by Gasteiger charge is -2.19. The van der Waals surface area contributed by atoms with E-state index in [1.54, 1.807) is 0 Å². The molecule has 2 aromatic rings. The molecule has 2 aromatic heterocycles. The normalized spacial score (nSPS) is 29.3. The van der Waals surface area contributed by atoms with Crippen molar-refractivity contribution in [1.29, 1.82) is 0 Å². The first-order valence-electron chi connectivity index (χ1n) is 6.26. The van der Waals surface area contributed by atoms with E-state index >= 15 is 0 Å². The van der Waals surface area contributed by atoms with Crippen LogP contribution in [0.15, 0.2) is 11.1 Å². The number of H-pyrrole nitrogens is 1. The van der Waals surface area contributed by atoms with Crippen LogP contribution in [0.4, 0.5) is 5.95 Å². The van der Waals surface area contributed by atoms with Gasteiger partial charge in [-0.05, 0) is 0 Å². The van der Waals surface area contributed by atoms with E-state index in [2.05, 4.69) is 15.0 Å². The molecule has 1 saturated heterocycles. The van der Waals surface area contributed by atoms with Gasteiger partial charge in [-0.15, -0.1) is 0 Å². The average molecular weight is 298 g/mol. The molecule has 1 fully saturated rings. The zero-order chi connectivity index (χ0) is 15.1. The van der Waals surface area contributed by atoms with Crippen molar-refractivity contribution in [1.82, 2.24) is 19.5 Å². The third kappa shape index (κ3) is 2.08. The lowest BCUT2D eigenvalue weighted by atomic mass is 10.1. The van der Waals surface area contributed by atoms with E-state index in [1.807, 2.05) is 0 Å². The molecule has 114 valence electrons. The van der Waals surface area contributed by atoms with E-state index in [0.29, 0.717) is 0 Å². The molecule has 0 saturated carbocycles. The number of fused-ring (bicyclic) bond motifs is 1. The largest absolute Gasteiger partial charge is 0.394 e. The Morgan fingerprint density at radius 1 is 1.62 bits per heavy atom. The van der Waals surface area contributed by atoms with Crippen LogP contribution >= 0.6 is 0 Å². The summed E-state index contributed by atoms with van der Waals surface area (Å²) in [5.41, 5.74) is 5.38. The van der Waals surface area contributed by atoms with Crippen LogP contribution in [-0.2, 0) is 9.47 Å². The number of nitrogens with one attached hydrogen (secondary N) is 1. The van der Waals surface area contributed by atoms with Crippen molar-refractivity contribution in [2.45, 2.75) is 24.5 Å². The van der Waals surface area contributed by atoms with Gasteiger partial charge in [0.15, 0.2) is 17.4 Å². The first-order valence-corrected chi connectivity index (χ1v) is 6.26. The fraction of sp³-hybridized carbons (Fsp3) is 0.545. The first-order chi connectivity index (χ1) is 10.1. The predicted octanol–water partition coefficient (Wildman–Crippen LogP) is -2.03. The smallest absolute Gasteiger partial charge is 0.280 e. The number of nitrogens with two attached hydrogens (primary N) is 1. The maximum atomic E-state index is 11.8. The monoisotopic (exact) mass is 298 g/mol. The van der Waals surface area contributed by atoms with E-state index in [9.17, 15) is 15.0 Å². The van der Waals surface area contributed by atoms with E-state index < -0.39 is 30.1 Å². The molecule has 0 radical (unpaired) electrons. The number of anilines is 1. The van der Waals surface area contributed by atoms with E-state index in [0.717, 1.165) is 0 Å². The molecule has 10 heteroatoms. The second-order valence-corrected chi connectivity index (χ2v) is 4.71. The van der Waals surface area contributed by atoms with Crippen molar-refractivity contribution < 1.29 is 19.7 Å². The van der Waals surface area contributed by atoms with E-state index in [1.165, 1.54) is 18.0 Å². The van der Waals surface area contributed by atoms with Gasteiger partial charge < -0.3 is 25.4 Å². The lowest BCUT2D eigenvalue weighted by molar-refractivity contribution is -0.0583. The summed E-state index contributed by atoms with van der Waals surface area (Å²) >= 11 is 0. The van der Waals surface area contributed by atoms with Gasteiger partial charge in [-0.2, -0.15) is 4.98 Å². The third-order valence-corrected chi connectivity index (χ3v) is 3.49. The van der Waals surface area contributed by atoms with Crippen LogP contribution in [0.2, 0.25) is 0 Å². The van der Waals surface area contributed by atoms with Gasteiger partial charge in [-0.25, -0.2) is 4.98 Å². The number of aromatic amines is 1. The Hall–Kier alpha value is -2.01. The number of imidazole rings is 1. The number of nitrogen functional groups attached to an aromatic ring is 1. The Bertz CT molecular complexity index is 713. The van der Waals surface area contributed by atoms with Gasteiger partial charge in [-0.1, -0.05) is 0 Å². The Kier molecular flexibility index (Phi) is 3.37. The quantitative estimate of drug-likeness (QED) is 0.474. The van der Waals surface area contributed by atoms with Crippen LogP contribution in [0.3, 0.4) is 0 Å². The second kappa shape index (κ2) is 5.07. The molecule has 3 rings (SSSR count). The van der Waals surface area contributed by atoms with Crippen LogP contribution < -0.4 is 11.3 Å². The molecule has 5 N–H and O–H groups in total. The number of aliphatic hydroxyl groups is 2.